The van der Waals surface area contributed by atoms with E-state index in [1.807, 2.05) is 0 Å². The Morgan fingerprint density at radius 3 is 3.00 bits per heavy atom. The molecule has 1 saturated heterocycles. The van der Waals surface area contributed by atoms with E-state index < -0.39 is 0 Å². The summed E-state index contributed by atoms with van der Waals surface area (Å²) in [6.07, 6.45) is 3.85. The Labute approximate surface area is 94.2 Å². The third-order valence-electron chi connectivity index (χ3n) is 3.23. The molecule has 1 aliphatic heterocycles. The molecule has 1 aliphatic rings. The minimum Gasteiger partial charge on any atom is -0.385 e. The van der Waals surface area contributed by atoms with Crippen molar-refractivity contribution in [1.29, 1.82) is 0 Å². The number of piperidine rings is 1. The zero-order chi connectivity index (χ0) is 11.1. The summed E-state index contributed by atoms with van der Waals surface area (Å²) in [7, 11) is 3.99. The third-order valence-corrected chi connectivity index (χ3v) is 3.23. The van der Waals surface area contributed by atoms with Crippen LogP contribution >= 0.6 is 0 Å². The molecule has 0 amide bonds. The van der Waals surface area contributed by atoms with Gasteiger partial charge < -0.3 is 15.0 Å². The fourth-order valence-corrected chi connectivity index (χ4v) is 2.20. The Bertz CT molecular complexity index is 164. The second kappa shape index (κ2) is 7.20. The molecule has 0 radical (unpaired) electrons. The largest absolute Gasteiger partial charge is 0.385 e. The van der Waals surface area contributed by atoms with Crippen LogP contribution in [0.1, 0.15) is 26.2 Å². The molecule has 0 spiro atoms. The van der Waals surface area contributed by atoms with E-state index in [1.165, 1.54) is 25.9 Å². The van der Waals surface area contributed by atoms with Crippen molar-refractivity contribution in [1.82, 2.24) is 10.2 Å². The average Bonchev–Trinajstić information content (AvgIpc) is 2.23. The maximum absolute atomic E-state index is 5.07. The predicted molar refractivity (Wildman–Crippen MR) is 64.2 cm³/mol. The fourth-order valence-electron chi connectivity index (χ4n) is 2.20. The van der Waals surface area contributed by atoms with Gasteiger partial charge in [0.1, 0.15) is 0 Å². The third kappa shape index (κ3) is 5.50. The highest BCUT2D eigenvalue weighted by molar-refractivity contribution is 4.73. The summed E-state index contributed by atoms with van der Waals surface area (Å²) < 4.78 is 5.07. The van der Waals surface area contributed by atoms with Gasteiger partial charge in [-0.05, 0) is 52.2 Å². The molecule has 1 heterocycles. The first-order valence-electron chi connectivity index (χ1n) is 6.13. The van der Waals surface area contributed by atoms with Gasteiger partial charge in [0.2, 0.25) is 0 Å². The minimum atomic E-state index is 0.581. The molecule has 2 atom stereocenters. The number of ether oxygens (including phenoxy) is 1. The van der Waals surface area contributed by atoms with Crippen molar-refractivity contribution >= 4 is 0 Å². The van der Waals surface area contributed by atoms with Crippen LogP contribution in [0, 0.1) is 5.92 Å². The smallest absolute Gasteiger partial charge is 0.0476 e. The zero-order valence-electron chi connectivity index (χ0n) is 10.5. The van der Waals surface area contributed by atoms with Crippen LogP contribution in [0.15, 0.2) is 0 Å². The number of hydrogen-bond acceptors (Lipinski definition) is 3. The van der Waals surface area contributed by atoms with E-state index in [0.29, 0.717) is 6.04 Å². The normalized spacial score (nSPS) is 25.4. The number of nitrogens with zero attached hydrogens (tertiary/aromatic N) is 1. The SMILES string of the molecule is COCCC(C)NCC1CCCN(C)C1. The van der Waals surface area contributed by atoms with Gasteiger partial charge in [-0.1, -0.05) is 0 Å². The standard InChI is InChI=1S/C12H26N2O/c1-11(6-8-15-3)13-9-12-5-4-7-14(2)10-12/h11-13H,4-10H2,1-3H3. The van der Waals surface area contributed by atoms with Crippen LogP contribution in [0.4, 0.5) is 0 Å². The number of hydrogen-bond donors (Lipinski definition) is 1. The highest BCUT2D eigenvalue weighted by Gasteiger charge is 2.17. The van der Waals surface area contributed by atoms with Crippen LogP contribution in [0.3, 0.4) is 0 Å². The van der Waals surface area contributed by atoms with Crippen molar-refractivity contribution < 1.29 is 4.74 Å². The molecule has 1 rings (SSSR count). The number of methoxy groups -OCH3 is 1. The molecule has 3 nitrogen and oxygen atoms in total. The lowest BCUT2D eigenvalue weighted by Crippen LogP contribution is -2.40. The molecular weight excluding hydrogens is 188 g/mol. The van der Waals surface area contributed by atoms with E-state index in [0.717, 1.165) is 25.5 Å². The van der Waals surface area contributed by atoms with Gasteiger partial charge in [-0.2, -0.15) is 0 Å². The quantitative estimate of drug-likeness (QED) is 0.722. The van der Waals surface area contributed by atoms with Gasteiger partial charge in [-0.25, -0.2) is 0 Å². The lowest BCUT2D eigenvalue weighted by atomic mass is 9.98. The Balaban J connectivity index is 2.07. The molecule has 0 saturated carbocycles. The molecule has 1 N–H and O–H groups in total. The van der Waals surface area contributed by atoms with Crippen LogP contribution in [0.25, 0.3) is 0 Å². The van der Waals surface area contributed by atoms with Gasteiger partial charge in [0.15, 0.2) is 0 Å². The Morgan fingerprint density at radius 1 is 1.53 bits per heavy atom. The first-order valence-corrected chi connectivity index (χ1v) is 6.13. The van der Waals surface area contributed by atoms with Gasteiger partial charge in [0.05, 0.1) is 0 Å². The zero-order valence-corrected chi connectivity index (χ0v) is 10.5. The average molecular weight is 214 g/mol. The van der Waals surface area contributed by atoms with Crippen LogP contribution < -0.4 is 5.32 Å². The summed E-state index contributed by atoms with van der Waals surface area (Å²) in [5.41, 5.74) is 0. The monoisotopic (exact) mass is 214 g/mol. The number of rotatable bonds is 6. The highest BCUT2D eigenvalue weighted by atomic mass is 16.5. The van der Waals surface area contributed by atoms with Crippen molar-refractivity contribution in [2.75, 3.05) is 40.4 Å². The molecule has 1 fully saturated rings. The van der Waals surface area contributed by atoms with E-state index in [1.54, 1.807) is 7.11 Å². The highest BCUT2D eigenvalue weighted by Crippen LogP contribution is 2.14. The van der Waals surface area contributed by atoms with Gasteiger partial charge in [-0.3, -0.25) is 0 Å². The molecule has 0 aromatic carbocycles. The second-order valence-corrected chi connectivity index (χ2v) is 4.86. The van der Waals surface area contributed by atoms with Crippen molar-refractivity contribution in [3.05, 3.63) is 0 Å². The molecular formula is C12H26N2O. The lowest BCUT2D eigenvalue weighted by molar-refractivity contribution is 0.176. The van der Waals surface area contributed by atoms with Gasteiger partial charge in [-0.15, -0.1) is 0 Å². The van der Waals surface area contributed by atoms with Crippen LogP contribution in [0.2, 0.25) is 0 Å². The maximum Gasteiger partial charge on any atom is 0.0476 e. The molecule has 3 heteroatoms. The summed E-state index contributed by atoms with van der Waals surface area (Å²) in [4.78, 5) is 2.44. The van der Waals surface area contributed by atoms with Crippen LogP contribution in [-0.4, -0.2) is 51.3 Å². The predicted octanol–water partition coefficient (Wildman–Crippen LogP) is 1.34. The van der Waals surface area contributed by atoms with Crippen LogP contribution in [0.5, 0.6) is 0 Å². The van der Waals surface area contributed by atoms with E-state index in [2.05, 4.69) is 24.2 Å². The maximum atomic E-state index is 5.07. The van der Waals surface area contributed by atoms with Crippen molar-refractivity contribution in [2.45, 2.75) is 32.2 Å². The molecule has 0 bridgehead atoms. The fraction of sp³-hybridized carbons (Fsp3) is 1.00. The number of likely N-dealkylation sites (tertiary alicyclic amines) is 1. The van der Waals surface area contributed by atoms with Gasteiger partial charge >= 0.3 is 0 Å². The molecule has 2 unspecified atom stereocenters. The molecule has 90 valence electrons. The van der Waals surface area contributed by atoms with Crippen molar-refractivity contribution in [2.24, 2.45) is 5.92 Å². The summed E-state index contributed by atoms with van der Waals surface area (Å²) in [5.74, 6) is 0.841. The Morgan fingerprint density at radius 2 is 2.33 bits per heavy atom. The van der Waals surface area contributed by atoms with E-state index in [4.69, 9.17) is 4.74 Å². The first-order chi connectivity index (χ1) is 7.22. The second-order valence-electron chi connectivity index (χ2n) is 4.86. The minimum absolute atomic E-state index is 0.581. The first kappa shape index (κ1) is 12.9. The van der Waals surface area contributed by atoms with E-state index in [-0.39, 0.29) is 0 Å². The molecule has 15 heavy (non-hydrogen) atoms. The Hall–Kier alpha value is -0.120. The summed E-state index contributed by atoms with van der Waals surface area (Å²) in [5, 5.41) is 3.60. The topological polar surface area (TPSA) is 24.5 Å². The molecule has 0 aromatic heterocycles. The molecule has 0 aliphatic carbocycles. The summed E-state index contributed by atoms with van der Waals surface area (Å²) in [6.45, 7) is 6.79. The van der Waals surface area contributed by atoms with E-state index in [9.17, 15) is 0 Å². The number of nitrogens with one attached hydrogen (secondary N) is 1. The lowest BCUT2D eigenvalue weighted by Gasteiger charge is -2.30. The van der Waals surface area contributed by atoms with Crippen molar-refractivity contribution in [3.63, 3.8) is 0 Å². The van der Waals surface area contributed by atoms with Gasteiger partial charge in [0, 0.05) is 26.3 Å². The Kier molecular flexibility index (Phi) is 6.22. The van der Waals surface area contributed by atoms with Crippen molar-refractivity contribution in [3.8, 4) is 0 Å². The molecule has 0 aromatic rings. The summed E-state index contributed by atoms with van der Waals surface area (Å²) >= 11 is 0. The van der Waals surface area contributed by atoms with E-state index >= 15 is 0 Å². The van der Waals surface area contributed by atoms with Crippen LogP contribution in [-0.2, 0) is 4.74 Å². The summed E-state index contributed by atoms with van der Waals surface area (Å²) in [6, 6.07) is 0.581. The van der Waals surface area contributed by atoms with Gasteiger partial charge in [0.25, 0.3) is 0 Å².